The van der Waals surface area contributed by atoms with Crippen molar-refractivity contribution in [1.29, 1.82) is 0 Å². The summed E-state index contributed by atoms with van der Waals surface area (Å²) in [6.07, 6.45) is 6.01. The molecule has 0 spiro atoms. The monoisotopic (exact) mass is 328 g/mol. The van der Waals surface area contributed by atoms with Gasteiger partial charge in [0.2, 0.25) is 0 Å². The molecule has 0 radical (unpaired) electrons. The Labute approximate surface area is 142 Å². The quantitative estimate of drug-likeness (QED) is 0.692. The van der Waals surface area contributed by atoms with Crippen molar-refractivity contribution in [2.45, 2.75) is 26.2 Å². The SMILES string of the molecule is CCCCNc1cnc(C(=O)NCCc2cccc(OC)c2)cn1. The lowest BCUT2D eigenvalue weighted by Crippen LogP contribution is -2.26. The summed E-state index contributed by atoms with van der Waals surface area (Å²) in [5, 5.41) is 6.02. The van der Waals surface area contributed by atoms with E-state index in [2.05, 4.69) is 27.5 Å². The molecule has 1 aromatic carbocycles. The molecule has 6 nitrogen and oxygen atoms in total. The molecule has 0 unspecified atom stereocenters. The lowest BCUT2D eigenvalue weighted by molar-refractivity contribution is 0.0949. The zero-order valence-corrected chi connectivity index (χ0v) is 14.2. The Morgan fingerprint density at radius 3 is 2.79 bits per heavy atom. The Morgan fingerprint density at radius 2 is 2.08 bits per heavy atom. The van der Waals surface area contributed by atoms with Gasteiger partial charge in [0.25, 0.3) is 5.91 Å². The highest BCUT2D eigenvalue weighted by atomic mass is 16.5. The Hall–Kier alpha value is -2.63. The zero-order valence-electron chi connectivity index (χ0n) is 14.2. The first-order valence-electron chi connectivity index (χ1n) is 8.20. The summed E-state index contributed by atoms with van der Waals surface area (Å²) in [6, 6.07) is 7.80. The number of methoxy groups -OCH3 is 1. The average Bonchev–Trinajstić information content (AvgIpc) is 2.62. The molecule has 0 atom stereocenters. The molecule has 128 valence electrons. The van der Waals surface area contributed by atoms with Crippen molar-refractivity contribution in [3.8, 4) is 5.75 Å². The number of carbonyl (C=O) groups is 1. The van der Waals surface area contributed by atoms with E-state index in [-0.39, 0.29) is 5.91 Å². The van der Waals surface area contributed by atoms with Crippen molar-refractivity contribution in [1.82, 2.24) is 15.3 Å². The number of nitrogens with zero attached hydrogens (tertiary/aromatic N) is 2. The van der Waals surface area contributed by atoms with Gasteiger partial charge < -0.3 is 15.4 Å². The van der Waals surface area contributed by atoms with E-state index in [4.69, 9.17) is 4.74 Å². The molecule has 24 heavy (non-hydrogen) atoms. The predicted molar refractivity (Wildman–Crippen MR) is 94.5 cm³/mol. The van der Waals surface area contributed by atoms with Crippen molar-refractivity contribution in [3.63, 3.8) is 0 Å². The van der Waals surface area contributed by atoms with Crippen LogP contribution in [0.3, 0.4) is 0 Å². The third-order valence-corrected chi connectivity index (χ3v) is 3.55. The molecule has 2 N–H and O–H groups in total. The van der Waals surface area contributed by atoms with Gasteiger partial charge in [-0.15, -0.1) is 0 Å². The van der Waals surface area contributed by atoms with Gasteiger partial charge in [-0.05, 0) is 30.5 Å². The van der Waals surface area contributed by atoms with Crippen molar-refractivity contribution in [2.75, 3.05) is 25.5 Å². The molecule has 0 aliphatic rings. The maximum atomic E-state index is 12.1. The van der Waals surface area contributed by atoms with Crippen molar-refractivity contribution < 1.29 is 9.53 Å². The lowest BCUT2D eigenvalue weighted by atomic mass is 10.1. The second-order valence-corrected chi connectivity index (χ2v) is 5.42. The van der Waals surface area contributed by atoms with E-state index in [9.17, 15) is 4.79 Å². The third kappa shape index (κ3) is 5.53. The second kappa shape index (κ2) is 9.50. The van der Waals surface area contributed by atoms with Gasteiger partial charge in [-0.25, -0.2) is 9.97 Å². The van der Waals surface area contributed by atoms with Gasteiger partial charge in [0, 0.05) is 13.1 Å². The van der Waals surface area contributed by atoms with Crippen molar-refractivity contribution in [2.24, 2.45) is 0 Å². The van der Waals surface area contributed by atoms with Gasteiger partial charge in [0.05, 0.1) is 19.5 Å². The van der Waals surface area contributed by atoms with Gasteiger partial charge in [-0.2, -0.15) is 0 Å². The fraction of sp³-hybridized carbons (Fsp3) is 0.389. The summed E-state index contributed by atoms with van der Waals surface area (Å²) in [6.45, 7) is 3.52. The number of amides is 1. The number of hydrogen-bond donors (Lipinski definition) is 2. The average molecular weight is 328 g/mol. The molecular formula is C18H24N4O2. The van der Waals surface area contributed by atoms with Crippen LogP contribution < -0.4 is 15.4 Å². The molecule has 1 aromatic heterocycles. The Bertz CT molecular complexity index is 644. The van der Waals surface area contributed by atoms with Crippen LogP contribution >= 0.6 is 0 Å². The van der Waals surface area contributed by atoms with Crippen LogP contribution in [0.5, 0.6) is 5.75 Å². The minimum Gasteiger partial charge on any atom is -0.497 e. The molecule has 0 aliphatic heterocycles. The maximum Gasteiger partial charge on any atom is 0.271 e. The van der Waals surface area contributed by atoms with Crippen molar-refractivity contribution in [3.05, 3.63) is 47.9 Å². The fourth-order valence-electron chi connectivity index (χ4n) is 2.17. The van der Waals surface area contributed by atoms with Crippen LogP contribution in [0.4, 0.5) is 5.82 Å². The predicted octanol–water partition coefficient (Wildman–Crippen LogP) is 2.67. The number of aromatic nitrogens is 2. The number of anilines is 1. The summed E-state index contributed by atoms with van der Waals surface area (Å²) in [7, 11) is 1.64. The van der Waals surface area contributed by atoms with E-state index >= 15 is 0 Å². The highest BCUT2D eigenvalue weighted by Gasteiger charge is 2.07. The molecule has 0 fully saturated rings. The van der Waals surface area contributed by atoms with Gasteiger partial charge in [-0.1, -0.05) is 25.5 Å². The van der Waals surface area contributed by atoms with Crippen LogP contribution in [-0.2, 0) is 6.42 Å². The smallest absolute Gasteiger partial charge is 0.271 e. The lowest BCUT2D eigenvalue weighted by Gasteiger charge is -2.07. The van der Waals surface area contributed by atoms with E-state index in [1.54, 1.807) is 13.3 Å². The van der Waals surface area contributed by atoms with Gasteiger partial charge >= 0.3 is 0 Å². The normalized spacial score (nSPS) is 10.2. The van der Waals surface area contributed by atoms with E-state index in [0.717, 1.165) is 37.1 Å². The topological polar surface area (TPSA) is 76.1 Å². The minimum atomic E-state index is -0.217. The summed E-state index contributed by atoms with van der Waals surface area (Å²) in [5.41, 5.74) is 1.43. The number of hydrogen-bond acceptors (Lipinski definition) is 5. The van der Waals surface area contributed by atoms with Crippen LogP contribution in [0.2, 0.25) is 0 Å². The molecule has 1 amide bonds. The summed E-state index contributed by atoms with van der Waals surface area (Å²) < 4.78 is 5.19. The fourth-order valence-corrected chi connectivity index (χ4v) is 2.17. The van der Waals surface area contributed by atoms with E-state index < -0.39 is 0 Å². The van der Waals surface area contributed by atoms with Crippen LogP contribution in [0.15, 0.2) is 36.7 Å². The molecule has 2 aromatic rings. The molecular weight excluding hydrogens is 304 g/mol. The summed E-state index contributed by atoms with van der Waals surface area (Å²) >= 11 is 0. The number of rotatable bonds is 9. The molecule has 0 aliphatic carbocycles. The largest absolute Gasteiger partial charge is 0.497 e. The van der Waals surface area contributed by atoms with Crippen LogP contribution in [0, 0.1) is 0 Å². The highest BCUT2D eigenvalue weighted by molar-refractivity contribution is 5.91. The molecule has 1 heterocycles. The van der Waals surface area contributed by atoms with Crippen molar-refractivity contribution >= 4 is 11.7 Å². The van der Waals surface area contributed by atoms with E-state index in [0.29, 0.717) is 18.1 Å². The van der Waals surface area contributed by atoms with Gasteiger partial charge in [0.15, 0.2) is 0 Å². The Balaban J connectivity index is 1.79. The number of nitrogens with one attached hydrogen (secondary N) is 2. The van der Waals surface area contributed by atoms with E-state index in [1.807, 2.05) is 24.3 Å². The summed E-state index contributed by atoms with van der Waals surface area (Å²) in [5.74, 6) is 1.29. The molecule has 0 saturated heterocycles. The van der Waals surface area contributed by atoms with E-state index in [1.165, 1.54) is 6.20 Å². The van der Waals surface area contributed by atoms with Gasteiger partial charge in [-0.3, -0.25) is 4.79 Å². The zero-order chi connectivity index (χ0) is 17.2. The first-order chi connectivity index (χ1) is 11.7. The number of ether oxygens (including phenoxy) is 1. The number of unbranched alkanes of at least 4 members (excludes halogenated alkanes) is 1. The first-order valence-corrected chi connectivity index (χ1v) is 8.20. The van der Waals surface area contributed by atoms with Crippen LogP contribution in [0.1, 0.15) is 35.8 Å². The first kappa shape index (κ1) is 17.7. The van der Waals surface area contributed by atoms with Crippen LogP contribution in [-0.4, -0.2) is 36.1 Å². The molecule has 0 saturated carbocycles. The number of benzene rings is 1. The molecule has 2 rings (SSSR count). The Morgan fingerprint density at radius 1 is 1.21 bits per heavy atom. The standard InChI is InChI=1S/C18H24N4O2/c1-3-4-9-19-17-13-21-16(12-22-17)18(23)20-10-8-14-6-5-7-15(11-14)24-2/h5-7,11-13H,3-4,8-10H2,1-2H3,(H,19,22)(H,20,23). The Kier molecular flexibility index (Phi) is 7.01. The second-order valence-electron chi connectivity index (χ2n) is 5.42. The highest BCUT2D eigenvalue weighted by Crippen LogP contribution is 2.12. The number of carbonyl (C=O) groups excluding carboxylic acids is 1. The minimum absolute atomic E-state index is 0.217. The van der Waals surface area contributed by atoms with Crippen LogP contribution in [0.25, 0.3) is 0 Å². The maximum absolute atomic E-state index is 12.1. The van der Waals surface area contributed by atoms with Gasteiger partial charge in [0.1, 0.15) is 17.3 Å². The third-order valence-electron chi connectivity index (χ3n) is 3.55. The molecule has 6 heteroatoms. The summed E-state index contributed by atoms with van der Waals surface area (Å²) in [4.78, 5) is 20.4. The molecule has 0 bridgehead atoms.